The molecule has 5 nitrogen and oxygen atoms in total. The van der Waals surface area contributed by atoms with Gasteiger partial charge in [-0.2, -0.15) is 0 Å². The molecule has 1 atom stereocenters. The standard InChI is InChI=1S/C15H19N3O2/c16-14(19)13-9-17-5-6-18(13)15(20)12-7-10-3-1-2-4-11(10)8-12/h1-4,12-13,17H,5-9H2,(H2,16,19). The number of nitrogens with zero attached hydrogens (tertiary/aromatic N) is 1. The molecule has 0 aromatic heterocycles. The van der Waals surface area contributed by atoms with E-state index in [1.54, 1.807) is 4.90 Å². The van der Waals surface area contributed by atoms with Crippen LogP contribution in [0.2, 0.25) is 0 Å². The van der Waals surface area contributed by atoms with Gasteiger partial charge < -0.3 is 16.0 Å². The number of hydrogen-bond donors (Lipinski definition) is 2. The molecule has 3 rings (SSSR count). The average Bonchev–Trinajstić information content (AvgIpc) is 2.90. The molecule has 1 heterocycles. The second-order valence-corrected chi connectivity index (χ2v) is 5.53. The highest BCUT2D eigenvalue weighted by atomic mass is 16.2. The molecule has 0 saturated carbocycles. The zero-order chi connectivity index (χ0) is 14.1. The summed E-state index contributed by atoms with van der Waals surface area (Å²) in [5.74, 6) is -0.417. The lowest BCUT2D eigenvalue weighted by Gasteiger charge is -2.35. The molecule has 1 saturated heterocycles. The Morgan fingerprint density at radius 2 is 1.85 bits per heavy atom. The molecule has 3 N–H and O–H groups in total. The van der Waals surface area contributed by atoms with Crippen molar-refractivity contribution in [1.29, 1.82) is 0 Å². The fourth-order valence-electron chi connectivity index (χ4n) is 3.19. The average molecular weight is 273 g/mol. The van der Waals surface area contributed by atoms with Crippen molar-refractivity contribution in [2.45, 2.75) is 18.9 Å². The molecule has 1 aliphatic carbocycles. The molecular weight excluding hydrogens is 254 g/mol. The van der Waals surface area contributed by atoms with Crippen LogP contribution < -0.4 is 11.1 Å². The smallest absolute Gasteiger partial charge is 0.241 e. The number of hydrogen-bond acceptors (Lipinski definition) is 3. The number of benzene rings is 1. The minimum atomic E-state index is -0.514. The van der Waals surface area contributed by atoms with Crippen LogP contribution in [0.25, 0.3) is 0 Å². The van der Waals surface area contributed by atoms with Gasteiger partial charge in [0.15, 0.2) is 0 Å². The number of nitrogens with one attached hydrogen (secondary N) is 1. The van der Waals surface area contributed by atoms with Crippen molar-refractivity contribution in [2.24, 2.45) is 11.7 Å². The topological polar surface area (TPSA) is 75.4 Å². The van der Waals surface area contributed by atoms with E-state index < -0.39 is 11.9 Å². The van der Waals surface area contributed by atoms with Crippen LogP contribution in [0.3, 0.4) is 0 Å². The van der Waals surface area contributed by atoms with Crippen LogP contribution >= 0.6 is 0 Å². The molecule has 106 valence electrons. The number of carbonyl (C=O) groups excluding carboxylic acids is 2. The number of primary amides is 1. The van der Waals surface area contributed by atoms with Crippen LogP contribution in [0.15, 0.2) is 24.3 Å². The van der Waals surface area contributed by atoms with Crippen LogP contribution in [-0.2, 0) is 22.4 Å². The summed E-state index contributed by atoms with van der Waals surface area (Å²) >= 11 is 0. The predicted octanol–water partition coefficient (Wildman–Crippen LogP) is -0.313. The van der Waals surface area contributed by atoms with E-state index in [4.69, 9.17) is 5.73 Å². The van der Waals surface area contributed by atoms with E-state index in [0.717, 1.165) is 19.4 Å². The van der Waals surface area contributed by atoms with E-state index in [0.29, 0.717) is 13.1 Å². The van der Waals surface area contributed by atoms with E-state index >= 15 is 0 Å². The number of fused-ring (bicyclic) bond motifs is 1. The Labute approximate surface area is 118 Å². The summed E-state index contributed by atoms with van der Waals surface area (Å²) in [5, 5.41) is 3.11. The minimum absolute atomic E-state index is 0.0488. The molecule has 1 aromatic carbocycles. The molecule has 2 amide bonds. The van der Waals surface area contributed by atoms with Gasteiger partial charge in [-0.15, -0.1) is 0 Å². The zero-order valence-electron chi connectivity index (χ0n) is 11.3. The molecule has 0 radical (unpaired) electrons. The summed E-state index contributed by atoms with van der Waals surface area (Å²) in [6.07, 6.45) is 1.54. The monoisotopic (exact) mass is 273 g/mol. The zero-order valence-corrected chi connectivity index (χ0v) is 11.3. The maximum Gasteiger partial charge on any atom is 0.241 e. The van der Waals surface area contributed by atoms with Crippen molar-refractivity contribution in [1.82, 2.24) is 10.2 Å². The Morgan fingerprint density at radius 3 is 2.45 bits per heavy atom. The quantitative estimate of drug-likeness (QED) is 0.776. The SMILES string of the molecule is NC(=O)C1CNCCN1C(=O)C1Cc2ccccc2C1. The highest BCUT2D eigenvalue weighted by Crippen LogP contribution is 2.28. The third-order valence-electron chi connectivity index (χ3n) is 4.26. The fourth-order valence-corrected chi connectivity index (χ4v) is 3.19. The van der Waals surface area contributed by atoms with Crippen LogP contribution in [0.1, 0.15) is 11.1 Å². The van der Waals surface area contributed by atoms with Crippen LogP contribution in [0.5, 0.6) is 0 Å². The third kappa shape index (κ3) is 2.29. The van der Waals surface area contributed by atoms with Gasteiger partial charge in [0, 0.05) is 25.6 Å². The van der Waals surface area contributed by atoms with Gasteiger partial charge >= 0.3 is 0 Å². The maximum absolute atomic E-state index is 12.7. The van der Waals surface area contributed by atoms with Crippen LogP contribution in [0.4, 0.5) is 0 Å². The maximum atomic E-state index is 12.7. The summed E-state index contributed by atoms with van der Waals surface area (Å²) in [7, 11) is 0. The molecule has 20 heavy (non-hydrogen) atoms. The first kappa shape index (κ1) is 13.1. The Bertz CT molecular complexity index is 519. The van der Waals surface area contributed by atoms with E-state index in [1.165, 1.54) is 11.1 Å². The van der Waals surface area contributed by atoms with Gasteiger partial charge in [0.2, 0.25) is 11.8 Å². The van der Waals surface area contributed by atoms with Crippen molar-refractivity contribution >= 4 is 11.8 Å². The van der Waals surface area contributed by atoms with Crippen molar-refractivity contribution in [3.8, 4) is 0 Å². The molecule has 1 fully saturated rings. The number of nitrogens with two attached hydrogens (primary N) is 1. The predicted molar refractivity (Wildman–Crippen MR) is 74.9 cm³/mol. The Balaban J connectivity index is 1.75. The van der Waals surface area contributed by atoms with Crippen molar-refractivity contribution in [2.75, 3.05) is 19.6 Å². The third-order valence-corrected chi connectivity index (χ3v) is 4.26. The highest BCUT2D eigenvalue weighted by molar-refractivity contribution is 5.88. The van der Waals surface area contributed by atoms with Gasteiger partial charge in [-0.25, -0.2) is 0 Å². The first-order valence-corrected chi connectivity index (χ1v) is 7.04. The normalized spacial score (nSPS) is 22.6. The minimum Gasteiger partial charge on any atom is -0.368 e. The highest BCUT2D eigenvalue weighted by Gasteiger charge is 2.36. The fraction of sp³-hybridized carbons (Fsp3) is 0.467. The van der Waals surface area contributed by atoms with Crippen molar-refractivity contribution in [3.63, 3.8) is 0 Å². The Morgan fingerprint density at radius 1 is 1.20 bits per heavy atom. The molecule has 5 heteroatoms. The number of amides is 2. The molecule has 1 unspecified atom stereocenters. The van der Waals surface area contributed by atoms with Gasteiger partial charge in [-0.3, -0.25) is 9.59 Å². The molecule has 1 aliphatic heterocycles. The van der Waals surface area contributed by atoms with E-state index in [-0.39, 0.29) is 11.8 Å². The van der Waals surface area contributed by atoms with Gasteiger partial charge in [0.05, 0.1) is 0 Å². The van der Waals surface area contributed by atoms with E-state index in [9.17, 15) is 9.59 Å². The summed E-state index contributed by atoms with van der Waals surface area (Å²) in [6, 6.07) is 7.64. The molecule has 0 bridgehead atoms. The number of piperazine rings is 1. The summed E-state index contributed by atoms with van der Waals surface area (Å²) in [4.78, 5) is 25.8. The Hall–Kier alpha value is -1.88. The largest absolute Gasteiger partial charge is 0.368 e. The molecule has 2 aliphatic rings. The summed E-state index contributed by atoms with van der Waals surface area (Å²) < 4.78 is 0. The lowest BCUT2D eigenvalue weighted by molar-refractivity contribution is -0.143. The van der Waals surface area contributed by atoms with Gasteiger partial charge in [0.25, 0.3) is 0 Å². The van der Waals surface area contributed by atoms with Gasteiger partial charge in [0.1, 0.15) is 6.04 Å². The van der Waals surface area contributed by atoms with Crippen molar-refractivity contribution < 1.29 is 9.59 Å². The number of rotatable bonds is 2. The first-order chi connectivity index (χ1) is 9.66. The summed E-state index contributed by atoms with van der Waals surface area (Å²) in [5.41, 5.74) is 7.90. The van der Waals surface area contributed by atoms with Gasteiger partial charge in [-0.05, 0) is 24.0 Å². The lowest BCUT2D eigenvalue weighted by Crippen LogP contribution is -2.59. The van der Waals surface area contributed by atoms with E-state index in [2.05, 4.69) is 17.4 Å². The molecule has 1 aromatic rings. The first-order valence-electron chi connectivity index (χ1n) is 7.04. The summed E-state index contributed by atoms with van der Waals surface area (Å²) in [6.45, 7) is 1.73. The molecular formula is C15H19N3O2. The van der Waals surface area contributed by atoms with Crippen molar-refractivity contribution in [3.05, 3.63) is 35.4 Å². The lowest BCUT2D eigenvalue weighted by atomic mass is 10.0. The van der Waals surface area contributed by atoms with Crippen LogP contribution in [-0.4, -0.2) is 42.4 Å². The van der Waals surface area contributed by atoms with Crippen LogP contribution in [0, 0.1) is 5.92 Å². The Kier molecular flexibility index (Phi) is 3.44. The van der Waals surface area contributed by atoms with Gasteiger partial charge in [-0.1, -0.05) is 24.3 Å². The van der Waals surface area contributed by atoms with E-state index in [1.807, 2.05) is 12.1 Å². The second-order valence-electron chi connectivity index (χ2n) is 5.53. The molecule has 0 spiro atoms. The number of carbonyl (C=O) groups is 2. The second kappa shape index (κ2) is 5.25.